The van der Waals surface area contributed by atoms with Crippen molar-refractivity contribution >= 4 is 22.8 Å². The first kappa shape index (κ1) is 19.9. The zero-order valence-corrected chi connectivity index (χ0v) is 17.5. The van der Waals surface area contributed by atoms with E-state index in [0.717, 1.165) is 62.6 Å². The molecule has 0 radical (unpaired) electrons. The first-order valence-electron chi connectivity index (χ1n) is 10.1. The number of halogens is 1. The molecule has 1 fully saturated rings. The highest BCUT2D eigenvalue weighted by atomic mass is 35.5. The molecule has 0 saturated carbocycles. The van der Waals surface area contributed by atoms with Gasteiger partial charge in [-0.2, -0.15) is 5.10 Å². The number of benzene rings is 1. The number of fused-ring (bicyclic) bond motifs is 1. The van der Waals surface area contributed by atoms with Gasteiger partial charge >= 0.3 is 0 Å². The number of nitrogens with zero attached hydrogens (tertiary/aromatic N) is 4. The van der Waals surface area contributed by atoms with Gasteiger partial charge in [0.1, 0.15) is 11.5 Å². The molecule has 0 amide bonds. The highest BCUT2D eigenvalue weighted by molar-refractivity contribution is 6.33. The number of hydrogen-bond donors (Lipinski definition) is 0. The van der Waals surface area contributed by atoms with E-state index in [1.807, 2.05) is 30.5 Å². The lowest BCUT2D eigenvalue weighted by atomic mass is 10.2. The first-order valence-corrected chi connectivity index (χ1v) is 10.5. The highest BCUT2D eigenvalue weighted by Gasteiger charge is 2.19. The van der Waals surface area contributed by atoms with Crippen molar-refractivity contribution < 1.29 is 9.47 Å². The average molecular weight is 415 g/mol. The Morgan fingerprint density at radius 2 is 1.90 bits per heavy atom. The third kappa shape index (κ3) is 4.77. The van der Waals surface area contributed by atoms with E-state index < -0.39 is 0 Å². The summed E-state index contributed by atoms with van der Waals surface area (Å²) in [6.45, 7) is 6.04. The van der Waals surface area contributed by atoms with Crippen LogP contribution >= 0.6 is 11.6 Å². The van der Waals surface area contributed by atoms with Crippen molar-refractivity contribution in [3.8, 4) is 11.5 Å². The Bertz CT molecular complexity index is 937. The summed E-state index contributed by atoms with van der Waals surface area (Å²) in [5.74, 6) is 1.79. The van der Waals surface area contributed by atoms with Crippen LogP contribution in [0.1, 0.15) is 12.8 Å². The fourth-order valence-corrected chi connectivity index (χ4v) is 3.94. The fourth-order valence-electron chi connectivity index (χ4n) is 3.75. The van der Waals surface area contributed by atoms with Crippen LogP contribution in [0.25, 0.3) is 5.52 Å². The number of unbranched alkanes of at least 4 members (excludes halogenated alkanes) is 1. The van der Waals surface area contributed by atoms with E-state index in [1.54, 1.807) is 17.8 Å². The molecule has 7 heteroatoms. The number of pyridine rings is 1. The van der Waals surface area contributed by atoms with Crippen LogP contribution in [-0.2, 0) is 0 Å². The molecule has 0 unspecified atom stereocenters. The zero-order chi connectivity index (χ0) is 20.1. The summed E-state index contributed by atoms with van der Waals surface area (Å²) >= 11 is 6.13. The van der Waals surface area contributed by atoms with Crippen LogP contribution in [0.15, 0.2) is 48.8 Å². The Morgan fingerprint density at radius 3 is 2.72 bits per heavy atom. The van der Waals surface area contributed by atoms with E-state index in [-0.39, 0.29) is 0 Å². The maximum Gasteiger partial charge on any atom is 0.142 e. The molecule has 0 bridgehead atoms. The molecule has 3 aromatic rings. The van der Waals surface area contributed by atoms with Gasteiger partial charge in [0.25, 0.3) is 0 Å². The van der Waals surface area contributed by atoms with E-state index in [1.165, 1.54) is 5.69 Å². The van der Waals surface area contributed by atoms with Crippen molar-refractivity contribution in [3.05, 3.63) is 53.8 Å². The summed E-state index contributed by atoms with van der Waals surface area (Å²) < 4.78 is 13.1. The summed E-state index contributed by atoms with van der Waals surface area (Å²) in [4.78, 5) is 4.94. The maximum atomic E-state index is 6.13. The highest BCUT2D eigenvalue weighted by Crippen LogP contribution is 2.28. The van der Waals surface area contributed by atoms with Crippen molar-refractivity contribution in [1.82, 2.24) is 14.5 Å². The standard InChI is InChI=1S/C22H27ClN4O2/c1-28-22-7-3-2-6-20(22)26-13-11-25(12-14-26)9-4-5-15-29-18-8-10-27-21(16-18)19(23)17-24-27/h2-3,6-8,10,16-17H,4-5,9,11-15H2,1H3. The second kappa shape index (κ2) is 9.37. The lowest BCUT2D eigenvalue weighted by Gasteiger charge is -2.36. The number of para-hydroxylation sites is 2. The number of aromatic nitrogens is 2. The molecule has 3 heterocycles. The minimum atomic E-state index is 0.641. The SMILES string of the molecule is COc1ccccc1N1CCN(CCCCOc2ccn3ncc(Cl)c3c2)CC1. The number of hydrogen-bond acceptors (Lipinski definition) is 5. The number of ether oxygens (including phenoxy) is 2. The number of anilines is 1. The molecule has 154 valence electrons. The third-order valence-electron chi connectivity index (χ3n) is 5.38. The molecule has 2 aromatic heterocycles. The van der Waals surface area contributed by atoms with Gasteiger partial charge in [0, 0.05) is 38.4 Å². The van der Waals surface area contributed by atoms with Crippen molar-refractivity contribution in [2.75, 3.05) is 51.3 Å². The van der Waals surface area contributed by atoms with Gasteiger partial charge < -0.3 is 14.4 Å². The second-order valence-corrected chi connectivity index (χ2v) is 7.65. The quantitative estimate of drug-likeness (QED) is 0.521. The van der Waals surface area contributed by atoms with Crippen molar-refractivity contribution in [3.63, 3.8) is 0 Å². The topological polar surface area (TPSA) is 42.2 Å². The average Bonchev–Trinajstić information content (AvgIpc) is 3.14. The van der Waals surface area contributed by atoms with Crippen LogP contribution in [-0.4, -0.2) is 61.0 Å². The number of rotatable bonds is 8. The number of methoxy groups -OCH3 is 1. The Kier molecular flexibility index (Phi) is 6.42. The minimum absolute atomic E-state index is 0.641. The molecule has 0 N–H and O–H groups in total. The van der Waals surface area contributed by atoms with Crippen LogP contribution < -0.4 is 14.4 Å². The van der Waals surface area contributed by atoms with Gasteiger partial charge in [0.05, 0.1) is 36.1 Å². The van der Waals surface area contributed by atoms with Crippen LogP contribution in [0.5, 0.6) is 11.5 Å². The van der Waals surface area contributed by atoms with Gasteiger partial charge in [-0.3, -0.25) is 4.90 Å². The third-order valence-corrected chi connectivity index (χ3v) is 5.67. The van der Waals surface area contributed by atoms with E-state index in [0.29, 0.717) is 11.6 Å². The van der Waals surface area contributed by atoms with E-state index in [9.17, 15) is 0 Å². The van der Waals surface area contributed by atoms with Gasteiger partial charge in [0.15, 0.2) is 0 Å². The Morgan fingerprint density at radius 1 is 1.07 bits per heavy atom. The van der Waals surface area contributed by atoms with E-state index in [4.69, 9.17) is 21.1 Å². The molecule has 29 heavy (non-hydrogen) atoms. The molecule has 1 saturated heterocycles. The molecule has 4 rings (SSSR count). The molecular formula is C22H27ClN4O2. The minimum Gasteiger partial charge on any atom is -0.495 e. The monoisotopic (exact) mass is 414 g/mol. The predicted molar refractivity (Wildman–Crippen MR) is 117 cm³/mol. The first-order chi connectivity index (χ1) is 14.2. The lowest BCUT2D eigenvalue weighted by molar-refractivity contribution is 0.238. The smallest absolute Gasteiger partial charge is 0.142 e. The van der Waals surface area contributed by atoms with Gasteiger partial charge in [-0.25, -0.2) is 4.52 Å². The molecular weight excluding hydrogens is 388 g/mol. The van der Waals surface area contributed by atoms with Gasteiger partial charge in [-0.1, -0.05) is 23.7 Å². The van der Waals surface area contributed by atoms with Crippen LogP contribution in [0.2, 0.25) is 5.02 Å². The van der Waals surface area contributed by atoms with Crippen molar-refractivity contribution in [2.45, 2.75) is 12.8 Å². The van der Waals surface area contributed by atoms with E-state index >= 15 is 0 Å². The zero-order valence-electron chi connectivity index (χ0n) is 16.8. The Labute approximate surface area is 176 Å². The summed E-state index contributed by atoms with van der Waals surface area (Å²) in [6.07, 6.45) is 5.68. The summed E-state index contributed by atoms with van der Waals surface area (Å²) in [5, 5.41) is 4.81. The van der Waals surface area contributed by atoms with Crippen molar-refractivity contribution in [2.24, 2.45) is 0 Å². The van der Waals surface area contributed by atoms with Crippen LogP contribution in [0.3, 0.4) is 0 Å². The Balaban J connectivity index is 1.17. The molecule has 0 spiro atoms. The molecule has 0 atom stereocenters. The largest absolute Gasteiger partial charge is 0.495 e. The maximum absolute atomic E-state index is 6.13. The molecule has 6 nitrogen and oxygen atoms in total. The second-order valence-electron chi connectivity index (χ2n) is 7.24. The van der Waals surface area contributed by atoms with Gasteiger partial charge in [-0.15, -0.1) is 0 Å². The molecule has 1 aliphatic rings. The normalized spacial score (nSPS) is 15.0. The fraction of sp³-hybridized carbons (Fsp3) is 0.409. The molecule has 0 aliphatic carbocycles. The number of piperazine rings is 1. The van der Waals surface area contributed by atoms with Gasteiger partial charge in [-0.05, 0) is 37.6 Å². The summed E-state index contributed by atoms with van der Waals surface area (Å²) in [6, 6.07) is 12.1. The Hall–Kier alpha value is -2.44. The van der Waals surface area contributed by atoms with Crippen LogP contribution in [0, 0.1) is 0 Å². The summed E-state index contributed by atoms with van der Waals surface area (Å²) in [5.41, 5.74) is 2.07. The van der Waals surface area contributed by atoms with Crippen molar-refractivity contribution in [1.29, 1.82) is 0 Å². The van der Waals surface area contributed by atoms with E-state index in [2.05, 4.69) is 27.0 Å². The summed E-state index contributed by atoms with van der Waals surface area (Å²) in [7, 11) is 1.74. The van der Waals surface area contributed by atoms with Gasteiger partial charge in [0.2, 0.25) is 0 Å². The van der Waals surface area contributed by atoms with Crippen LogP contribution in [0.4, 0.5) is 5.69 Å². The molecule has 1 aromatic carbocycles. The molecule has 1 aliphatic heterocycles. The lowest BCUT2D eigenvalue weighted by Crippen LogP contribution is -2.46. The predicted octanol–water partition coefficient (Wildman–Crippen LogP) is 3.98.